The van der Waals surface area contributed by atoms with Crippen molar-refractivity contribution in [3.8, 4) is 0 Å². The van der Waals surface area contributed by atoms with Gasteiger partial charge < -0.3 is 4.90 Å². The van der Waals surface area contributed by atoms with Gasteiger partial charge in [-0.25, -0.2) is 8.42 Å². The number of benzene rings is 2. The molecule has 0 N–H and O–H groups in total. The minimum absolute atomic E-state index is 0.231. The summed E-state index contributed by atoms with van der Waals surface area (Å²) in [6.07, 6.45) is 4.15. The van der Waals surface area contributed by atoms with E-state index in [1.807, 2.05) is 30.3 Å². The Bertz CT molecular complexity index is 953. The maximum Gasteiger partial charge on any atom is 0.341 e. The van der Waals surface area contributed by atoms with Gasteiger partial charge in [-0.15, -0.1) is 0 Å². The maximum absolute atomic E-state index is 12.6. The average Bonchev–Trinajstić information content (AvgIpc) is 2.74. The second kappa shape index (κ2) is 9.28. The standard InChI is InChI=1S/C21H22F2N2O3S/c22-21(23)29(27,28)19-10-8-18(9-11-19)20(26)25-15-13-24(14-16-25)12-4-7-17-5-2-1-3-6-17/h1-11,21H,12-16H2. The molecule has 0 radical (unpaired) electrons. The molecular formula is C21H22F2N2O3S. The molecule has 0 aliphatic carbocycles. The van der Waals surface area contributed by atoms with Gasteiger partial charge in [0.2, 0.25) is 9.84 Å². The second-order valence-corrected chi connectivity index (χ2v) is 8.65. The van der Waals surface area contributed by atoms with Crippen LogP contribution in [0.3, 0.4) is 0 Å². The van der Waals surface area contributed by atoms with E-state index in [0.29, 0.717) is 13.1 Å². The van der Waals surface area contributed by atoms with Gasteiger partial charge in [-0.05, 0) is 29.8 Å². The van der Waals surface area contributed by atoms with Crippen LogP contribution in [0.25, 0.3) is 6.08 Å². The Morgan fingerprint density at radius 1 is 0.966 bits per heavy atom. The molecule has 0 unspecified atom stereocenters. The first-order chi connectivity index (χ1) is 13.9. The largest absolute Gasteiger partial charge is 0.341 e. The van der Waals surface area contributed by atoms with Crippen LogP contribution in [0, 0.1) is 0 Å². The Morgan fingerprint density at radius 2 is 1.59 bits per heavy atom. The third-order valence-electron chi connectivity index (χ3n) is 4.80. The van der Waals surface area contributed by atoms with Gasteiger partial charge in [-0.3, -0.25) is 9.69 Å². The smallest absolute Gasteiger partial charge is 0.336 e. The lowest BCUT2D eigenvalue weighted by atomic mass is 10.2. The van der Waals surface area contributed by atoms with E-state index in [4.69, 9.17) is 0 Å². The Kier molecular flexibility index (Phi) is 6.76. The molecule has 0 atom stereocenters. The molecular weight excluding hydrogens is 398 g/mol. The van der Waals surface area contributed by atoms with Gasteiger partial charge in [0, 0.05) is 38.3 Å². The summed E-state index contributed by atoms with van der Waals surface area (Å²) in [5.41, 5.74) is 1.43. The van der Waals surface area contributed by atoms with Crippen LogP contribution in [0.15, 0.2) is 65.6 Å². The van der Waals surface area contributed by atoms with Crippen molar-refractivity contribution in [2.24, 2.45) is 0 Å². The van der Waals surface area contributed by atoms with E-state index in [2.05, 4.69) is 17.1 Å². The van der Waals surface area contributed by atoms with E-state index in [-0.39, 0.29) is 11.5 Å². The highest BCUT2D eigenvalue weighted by atomic mass is 32.2. The van der Waals surface area contributed by atoms with Crippen LogP contribution in [0.1, 0.15) is 15.9 Å². The third kappa shape index (κ3) is 5.27. The molecule has 0 saturated carbocycles. The van der Waals surface area contributed by atoms with Gasteiger partial charge in [-0.2, -0.15) is 8.78 Å². The quantitative estimate of drug-likeness (QED) is 0.721. The summed E-state index contributed by atoms with van der Waals surface area (Å²) in [6, 6.07) is 14.7. The molecule has 0 spiro atoms. The lowest BCUT2D eigenvalue weighted by Crippen LogP contribution is -2.48. The molecule has 8 heteroatoms. The molecule has 154 valence electrons. The fourth-order valence-electron chi connectivity index (χ4n) is 3.11. The van der Waals surface area contributed by atoms with Crippen LogP contribution in [0.2, 0.25) is 0 Å². The van der Waals surface area contributed by atoms with Crippen molar-refractivity contribution in [1.82, 2.24) is 9.80 Å². The first-order valence-corrected chi connectivity index (χ1v) is 10.8. The number of piperazine rings is 1. The zero-order chi connectivity index (χ0) is 20.9. The number of hydrogen-bond acceptors (Lipinski definition) is 4. The van der Waals surface area contributed by atoms with Gasteiger partial charge in [-0.1, -0.05) is 42.5 Å². The van der Waals surface area contributed by atoms with E-state index in [9.17, 15) is 22.0 Å². The molecule has 2 aromatic rings. The summed E-state index contributed by atoms with van der Waals surface area (Å²) in [5, 5.41) is 0. The van der Waals surface area contributed by atoms with Crippen molar-refractivity contribution >= 4 is 21.8 Å². The van der Waals surface area contributed by atoms with Gasteiger partial charge in [0.05, 0.1) is 4.90 Å². The number of alkyl halides is 2. The Balaban J connectivity index is 1.53. The zero-order valence-corrected chi connectivity index (χ0v) is 16.6. The number of hydrogen-bond donors (Lipinski definition) is 0. The zero-order valence-electron chi connectivity index (χ0n) is 15.7. The maximum atomic E-state index is 12.6. The second-order valence-electron chi connectivity index (χ2n) is 6.74. The van der Waals surface area contributed by atoms with E-state index < -0.39 is 20.5 Å². The number of halogens is 2. The summed E-state index contributed by atoms with van der Waals surface area (Å²) < 4.78 is 48.1. The van der Waals surface area contributed by atoms with E-state index in [0.717, 1.165) is 37.3 Å². The number of nitrogens with zero attached hydrogens (tertiary/aromatic N) is 2. The molecule has 0 bridgehead atoms. The Hall–Kier alpha value is -2.58. The number of carbonyl (C=O) groups is 1. The van der Waals surface area contributed by atoms with Crippen molar-refractivity contribution in [2.75, 3.05) is 32.7 Å². The van der Waals surface area contributed by atoms with Crippen LogP contribution in [0.4, 0.5) is 8.78 Å². The highest BCUT2D eigenvalue weighted by Crippen LogP contribution is 2.19. The molecule has 3 rings (SSSR count). The number of rotatable bonds is 6. The third-order valence-corrected chi connectivity index (χ3v) is 6.20. The predicted octanol–water partition coefficient (Wildman–Crippen LogP) is 3.15. The van der Waals surface area contributed by atoms with Gasteiger partial charge in [0.25, 0.3) is 5.91 Å². The van der Waals surface area contributed by atoms with Crippen molar-refractivity contribution < 1.29 is 22.0 Å². The van der Waals surface area contributed by atoms with Crippen LogP contribution >= 0.6 is 0 Å². The molecule has 29 heavy (non-hydrogen) atoms. The van der Waals surface area contributed by atoms with Crippen molar-refractivity contribution in [3.05, 3.63) is 71.8 Å². The topological polar surface area (TPSA) is 57.7 Å². The fourth-order valence-corrected chi connectivity index (χ4v) is 3.83. The molecule has 0 aromatic heterocycles. The highest BCUT2D eigenvalue weighted by molar-refractivity contribution is 7.91. The SMILES string of the molecule is O=C(c1ccc(S(=O)(=O)C(F)F)cc1)N1CCN(CC=Cc2ccccc2)CC1. The normalized spacial score (nSPS) is 15.9. The first kappa shape index (κ1) is 21.1. The lowest BCUT2D eigenvalue weighted by molar-refractivity contribution is 0.0650. The average molecular weight is 420 g/mol. The van der Waals surface area contributed by atoms with Crippen LogP contribution in [-0.4, -0.2) is 62.6 Å². The Morgan fingerprint density at radius 3 is 2.17 bits per heavy atom. The molecule has 1 aliphatic heterocycles. The summed E-state index contributed by atoms with van der Waals surface area (Å²) in [5.74, 6) is -3.71. The monoisotopic (exact) mass is 420 g/mol. The first-order valence-electron chi connectivity index (χ1n) is 9.23. The molecule has 1 aliphatic rings. The molecule has 2 aromatic carbocycles. The number of sulfone groups is 1. The van der Waals surface area contributed by atoms with Crippen molar-refractivity contribution in [2.45, 2.75) is 10.7 Å². The summed E-state index contributed by atoms with van der Waals surface area (Å²) in [6.45, 7) is 3.34. The number of carbonyl (C=O) groups excluding carboxylic acids is 1. The van der Waals surface area contributed by atoms with Gasteiger partial charge in [0.15, 0.2) is 0 Å². The van der Waals surface area contributed by atoms with E-state index in [1.54, 1.807) is 4.90 Å². The molecule has 1 fully saturated rings. The fraction of sp³-hybridized carbons (Fsp3) is 0.286. The molecule has 1 saturated heterocycles. The molecule has 1 heterocycles. The predicted molar refractivity (Wildman–Crippen MR) is 107 cm³/mol. The number of amides is 1. The van der Waals surface area contributed by atoms with Crippen LogP contribution in [0.5, 0.6) is 0 Å². The summed E-state index contributed by atoms with van der Waals surface area (Å²) in [7, 11) is -4.65. The van der Waals surface area contributed by atoms with Crippen LogP contribution in [-0.2, 0) is 9.84 Å². The minimum atomic E-state index is -4.65. The molecule has 5 nitrogen and oxygen atoms in total. The van der Waals surface area contributed by atoms with Crippen LogP contribution < -0.4 is 0 Å². The summed E-state index contributed by atoms with van der Waals surface area (Å²) in [4.78, 5) is 16.0. The highest BCUT2D eigenvalue weighted by Gasteiger charge is 2.27. The Labute approximate surface area is 169 Å². The van der Waals surface area contributed by atoms with Crippen molar-refractivity contribution in [3.63, 3.8) is 0 Å². The van der Waals surface area contributed by atoms with Crippen molar-refractivity contribution in [1.29, 1.82) is 0 Å². The summed E-state index contributed by atoms with van der Waals surface area (Å²) >= 11 is 0. The minimum Gasteiger partial charge on any atom is -0.336 e. The van der Waals surface area contributed by atoms with Gasteiger partial charge in [0.1, 0.15) is 0 Å². The van der Waals surface area contributed by atoms with E-state index >= 15 is 0 Å². The van der Waals surface area contributed by atoms with E-state index in [1.165, 1.54) is 12.1 Å². The lowest BCUT2D eigenvalue weighted by Gasteiger charge is -2.34. The molecule has 1 amide bonds. The van der Waals surface area contributed by atoms with Gasteiger partial charge >= 0.3 is 5.76 Å².